The lowest BCUT2D eigenvalue weighted by Gasteiger charge is -2.08. The molecule has 2 nitrogen and oxygen atoms in total. The molecule has 0 aliphatic heterocycles. The largest absolute Gasteiger partial charge is 0.225 e. The van der Waals surface area contributed by atoms with Gasteiger partial charge in [-0.05, 0) is 42.8 Å². The highest BCUT2D eigenvalue weighted by molar-refractivity contribution is 6.41. The fourth-order valence-electron chi connectivity index (χ4n) is 2.04. The molecule has 1 aromatic heterocycles. The van der Waals surface area contributed by atoms with Crippen LogP contribution in [0.2, 0.25) is 15.2 Å². The van der Waals surface area contributed by atoms with E-state index in [4.69, 9.17) is 34.8 Å². The van der Waals surface area contributed by atoms with E-state index >= 15 is 0 Å². The maximum Gasteiger partial charge on any atom is 0.161 e. The number of aromatic nitrogens is 2. The fraction of sp³-hybridized carbons (Fsp3) is 0.0667. The maximum atomic E-state index is 14.0. The molecule has 0 atom stereocenters. The Morgan fingerprint density at radius 1 is 0.952 bits per heavy atom. The van der Waals surface area contributed by atoms with Gasteiger partial charge < -0.3 is 0 Å². The Morgan fingerprint density at radius 2 is 1.67 bits per heavy atom. The van der Waals surface area contributed by atoms with Crippen LogP contribution < -0.4 is 0 Å². The lowest BCUT2D eigenvalue weighted by Crippen LogP contribution is -1.95. The summed E-state index contributed by atoms with van der Waals surface area (Å²) >= 11 is 18.2. The summed E-state index contributed by atoms with van der Waals surface area (Å²) < 4.78 is 14.0. The zero-order chi connectivity index (χ0) is 15.1. The van der Waals surface area contributed by atoms with Gasteiger partial charge in [0.15, 0.2) is 5.82 Å². The molecular weight excluding hydrogens is 334 g/mol. The van der Waals surface area contributed by atoms with Crippen LogP contribution in [-0.2, 0) is 0 Å². The van der Waals surface area contributed by atoms with E-state index in [9.17, 15) is 4.39 Å². The van der Waals surface area contributed by atoms with E-state index in [1.54, 1.807) is 12.1 Å². The van der Waals surface area contributed by atoms with Crippen LogP contribution in [0.4, 0.5) is 4.39 Å². The van der Waals surface area contributed by atoms with Gasteiger partial charge in [0.05, 0.1) is 10.4 Å². The summed E-state index contributed by atoms with van der Waals surface area (Å²) in [6.07, 6.45) is 0. The van der Waals surface area contributed by atoms with Crippen molar-refractivity contribution in [3.63, 3.8) is 0 Å². The highest BCUT2D eigenvalue weighted by Gasteiger charge is 2.14. The molecule has 0 unspecified atom stereocenters. The van der Waals surface area contributed by atoms with Gasteiger partial charge in [-0.2, -0.15) is 0 Å². The summed E-state index contributed by atoms with van der Waals surface area (Å²) in [5.74, 6) is -0.168. The molecule has 0 saturated carbocycles. The standard InChI is InChI=1S/C15H8Cl3FN2/c1-7-6-8(2-3-9(7)16)15-20-13-11(19)5-4-10(17)12(13)14(18)21-15/h2-6H,1H3. The van der Waals surface area contributed by atoms with Gasteiger partial charge in [-0.25, -0.2) is 14.4 Å². The minimum Gasteiger partial charge on any atom is -0.225 e. The van der Waals surface area contributed by atoms with Crippen molar-refractivity contribution < 1.29 is 4.39 Å². The summed E-state index contributed by atoms with van der Waals surface area (Å²) in [6, 6.07) is 8.00. The lowest BCUT2D eigenvalue weighted by molar-refractivity contribution is 0.636. The Kier molecular flexibility index (Phi) is 3.74. The van der Waals surface area contributed by atoms with E-state index in [-0.39, 0.29) is 10.7 Å². The first-order valence-electron chi connectivity index (χ1n) is 6.05. The van der Waals surface area contributed by atoms with Crippen molar-refractivity contribution in [2.24, 2.45) is 0 Å². The predicted octanol–water partition coefficient (Wildman–Crippen LogP) is 5.70. The summed E-state index contributed by atoms with van der Waals surface area (Å²) in [5, 5.41) is 1.38. The first-order chi connectivity index (χ1) is 9.97. The van der Waals surface area contributed by atoms with Crippen LogP contribution in [0.1, 0.15) is 5.56 Å². The summed E-state index contributed by atoms with van der Waals surface area (Å²) in [4.78, 5) is 8.44. The number of fused-ring (bicyclic) bond motifs is 1. The van der Waals surface area contributed by atoms with Crippen molar-refractivity contribution in [1.82, 2.24) is 9.97 Å². The van der Waals surface area contributed by atoms with E-state index in [0.717, 1.165) is 5.56 Å². The minimum absolute atomic E-state index is 0.102. The molecular formula is C15H8Cl3FN2. The van der Waals surface area contributed by atoms with E-state index in [1.165, 1.54) is 12.1 Å². The Morgan fingerprint density at radius 3 is 2.38 bits per heavy atom. The molecule has 0 aliphatic carbocycles. The van der Waals surface area contributed by atoms with Crippen molar-refractivity contribution in [2.75, 3.05) is 0 Å². The monoisotopic (exact) mass is 340 g/mol. The second-order valence-electron chi connectivity index (χ2n) is 4.55. The number of benzene rings is 2. The third kappa shape index (κ3) is 2.57. The van der Waals surface area contributed by atoms with Gasteiger partial charge >= 0.3 is 0 Å². The molecule has 0 amide bonds. The average Bonchev–Trinajstić information content (AvgIpc) is 2.45. The van der Waals surface area contributed by atoms with Crippen LogP contribution in [0.15, 0.2) is 30.3 Å². The quantitative estimate of drug-likeness (QED) is 0.530. The number of rotatable bonds is 1. The van der Waals surface area contributed by atoms with Crippen LogP contribution in [-0.4, -0.2) is 9.97 Å². The molecule has 0 bridgehead atoms. The zero-order valence-electron chi connectivity index (χ0n) is 10.8. The summed E-state index contributed by atoms with van der Waals surface area (Å²) in [6.45, 7) is 1.87. The van der Waals surface area contributed by atoms with Crippen molar-refractivity contribution in [3.8, 4) is 11.4 Å². The smallest absolute Gasteiger partial charge is 0.161 e. The van der Waals surface area contributed by atoms with Gasteiger partial charge in [-0.15, -0.1) is 0 Å². The highest BCUT2D eigenvalue weighted by atomic mass is 35.5. The number of nitrogens with zero attached hydrogens (tertiary/aromatic N) is 2. The van der Waals surface area contributed by atoms with Gasteiger partial charge in [0, 0.05) is 10.6 Å². The lowest BCUT2D eigenvalue weighted by atomic mass is 10.1. The molecule has 21 heavy (non-hydrogen) atoms. The van der Waals surface area contributed by atoms with Crippen molar-refractivity contribution in [2.45, 2.75) is 6.92 Å². The number of hydrogen-bond acceptors (Lipinski definition) is 2. The third-order valence-electron chi connectivity index (χ3n) is 3.12. The third-order valence-corrected chi connectivity index (χ3v) is 4.13. The van der Waals surface area contributed by atoms with Gasteiger partial charge in [-0.1, -0.05) is 34.8 Å². The second kappa shape index (κ2) is 5.41. The summed E-state index contributed by atoms with van der Waals surface area (Å²) in [5.41, 5.74) is 1.69. The van der Waals surface area contributed by atoms with Crippen molar-refractivity contribution in [1.29, 1.82) is 0 Å². The minimum atomic E-state index is -0.495. The number of halogens is 4. The molecule has 0 N–H and O–H groups in total. The Bertz CT molecular complexity index is 865. The summed E-state index contributed by atoms with van der Waals surface area (Å²) in [7, 11) is 0. The highest BCUT2D eigenvalue weighted by Crippen LogP contribution is 2.32. The average molecular weight is 342 g/mol. The molecule has 2 aromatic carbocycles. The van der Waals surface area contributed by atoms with Crippen LogP contribution in [0.5, 0.6) is 0 Å². The SMILES string of the molecule is Cc1cc(-c2nc(Cl)c3c(Cl)ccc(F)c3n2)ccc1Cl. The molecule has 3 rings (SSSR count). The van der Waals surface area contributed by atoms with Crippen molar-refractivity contribution >= 4 is 45.7 Å². The Balaban J connectivity index is 2.30. The number of aryl methyl sites for hydroxylation is 1. The fourth-order valence-corrected chi connectivity index (χ4v) is 2.72. The first-order valence-corrected chi connectivity index (χ1v) is 7.18. The first kappa shape index (κ1) is 14.5. The van der Waals surface area contributed by atoms with E-state index < -0.39 is 5.82 Å². The maximum absolute atomic E-state index is 14.0. The van der Waals surface area contributed by atoms with Gasteiger partial charge in [-0.3, -0.25) is 0 Å². The molecule has 0 aliphatic rings. The molecule has 106 valence electrons. The molecule has 6 heteroatoms. The van der Waals surface area contributed by atoms with Gasteiger partial charge in [0.1, 0.15) is 16.5 Å². The molecule has 3 aromatic rings. The van der Waals surface area contributed by atoms with E-state index in [0.29, 0.717) is 26.8 Å². The number of hydrogen-bond donors (Lipinski definition) is 0. The second-order valence-corrected chi connectivity index (χ2v) is 5.73. The van der Waals surface area contributed by atoms with E-state index in [1.807, 2.05) is 13.0 Å². The Hall–Kier alpha value is -1.42. The van der Waals surface area contributed by atoms with E-state index in [2.05, 4.69) is 9.97 Å². The molecule has 1 heterocycles. The molecule has 0 saturated heterocycles. The predicted molar refractivity (Wildman–Crippen MR) is 84.7 cm³/mol. The molecule has 0 radical (unpaired) electrons. The molecule has 0 fully saturated rings. The normalized spacial score (nSPS) is 11.1. The van der Waals surface area contributed by atoms with Crippen LogP contribution >= 0.6 is 34.8 Å². The Labute approximate surface area is 135 Å². The molecule has 0 spiro atoms. The van der Waals surface area contributed by atoms with Gasteiger partial charge in [0.2, 0.25) is 0 Å². The topological polar surface area (TPSA) is 25.8 Å². The zero-order valence-corrected chi connectivity index (χ0v) is 13.1. The van der Waals surface area contributed by atoms with Crippen LogP contribution in [0.25, 0.3) is 22.3 Å². The van der Waals surface area contributed by atoms with Crippen molar-refractivity contribution in [3.05, 3.63) is 56.9 Å². The van der Waals surface area contributed by atoms with Crippen LogP contribution in [0, 0.1) is 12.7 Å². The van der Waals surface area contributed by atoms with Crippen LogP contribution in [0.3, 0.4) is 0 Å². The van der Waals surface area contributed by atoms with Gasteiger partial charge in [0.25, 0.3) is 0 Å².